The summed E-state index contributed by atoms with van der Waals surface area (Å²) in [5, 5.41) is 3.23. The Bertz CT molecular complexity index is 498. The molecule has 3 rings (SSSR count). The molecule has 2 atom stereocenters. The van der Waals surface area contributed by atoms with Crippen molar-refractivity contribution in [2.24, 2.45) is 11.7 Å². The number of pyridine rings is 1. The summed E-state index contributed by atoms with van der Waals surface area (Å²) in [7, 11) is 0. The van der Waals surface area contributed by atoms with E-state index in [1.165, 1.54) is 0 Å². The van der Waals surface area contributed by atoms with Crippen LogP contribution in [0.1, 0.15) is 37.8 Å². The number of aromatic nitrogens is 1. The maximum atomic E-state index is 12.2. The van der Waals surface area contributed by atoms with E-state index in [9.17, 15) is 4.79 Å². The molecule has 1 aromatic rings. The van der Waals surface area contributed by atoms with Crippen molar-refractivity contribution in [1.29, 1.82) is 0 Å². The highest BCUT2D eigenvalue weighted by atomic mass is 35.5. The van der Waals surface area contributed by atoms with E-state index in [4.69, 9.17) is 5.73 Å². The van der Waals surface area contributed by atoms with Gasteiger partial charge in [-0.3, -0.25) is 14.7 Å². The van der Waals surface area contributed by atoms with Crippen molar-refractivity contribution in [3.05, 3.63) is 30.1 Å². The lowest BCUT2D eigenvalue weighted by Gasteiger charge is -2.32. The number of carbonyl (C=O) groups excluding carboxylic acids is 1. The Balaban J connectivity index is 0.00000192. The number of piperidine rings is 1. The van der Waals surface area contributed by atoms with E-state index in [1.807, 2.05) is 18.3 Å². The maximum Gasteiger partial charge on any atom is 0.223 e. The minimum atomic E-state index is 0. The summed E-state index contributed by atoms with van der Waals surface area (Å²) in [6.45, 7) is 2.94. The fourth-order valence-corrected chi connectivity index (χ4v) is 3.53. The van der Waals surface area contributed by atoms with Gasteiger partial charge in [0.05, 0.1) is 5.69 Å². The largest absolute Gasteiger partial charge is 0.353 e. The first kappa shape index (κ1) is 24.4. The highest BCUT2D eigenvalue weighted by Crippen LogP contribution is 2.24. The number of nitrogens with zero attached hydrogens (tertiary/aromatic N) is 2. The van der Waals surface area contributed by atoms with Crippen LogP contribution in [-0.2, 0) is 11.3 Å². The molecule has 2 unspecified atom stereocenters. The fraction of sp³-hybridized carbons (Fsp3) is 0.647. The summed E-state index contributed by atoms with van der Waals surface area (Å²) in [6, 6.07) is 6.58. The second kappa shape index (κ2) is 11.9. The Labute approximate surface area is 168 Å². The van der Waals surface area contributed by atoms with Crippen LogP contribution >= 0.6 is 37.2 Å². The summed E-state index contributed by atoms with van der Waals surface area (Å²) in [4.78, 5) is 19.0. The molecule has 5 nitrogen and oxygen atoms in total. The van der Waals surface area contributed by atoms with Gasteiger partial charge < -0.3 is 11.1 Å². The summed E-state index contributed by atoms with van der Waals surface area (Å²) in [5.74, 6) is 0.359. The molecule has 0 aromatic carbocycles. The Morgan fingerprint density at radius 2 is 1.88 bits per heavy atom. The predicted molar refractivity (Wildman–Crippen MR) is 108 cm³/mol. The number of hydrogen-bond acceptors (Lipinski definition) is 4. The number of nitrogens with one attached hydrogen (secondary N) is 1. The average Bonchev–Trinajstić information content (AvgIpc) is 2.97. The van der Waals surface area contributed by atoms with Crippen LogP contribution in [0.3, 0.4) is 0 Å². The second-order valence-electron chi connectivity index (χ2n) is 6.65. The van der Waals surface area contributed by atoms with E-state index < -0.39 is 0 Å². The number of carbonyl (C=O) groups is 1. The first-order valence-electron chi connectivity index (χ1n) is 8.39. The zero-order valence-electron chi connectivity index (χ0n) is 14.3. The third-order valence-electron chi connectivity index (χ3n) is 4.89. The van der Waals surface area contributed by atoms with Gasteiger partial charge in [0, 0.05) is 43.8 Å². The Hall–Kier alpha value is -0.590. The quantitative estimate of drug-likeness (QED) is 0.799. The normalized spacial score (nSPS) is 23.7. The molecule has 2 aliphatic rings. The van der Waals surface area contributed by atoms with Crippen LogP contribution in [-0.4, -0.2) is 41.0 Å². The van der Waals surface area contributed by atoms with E-state index in [0.717, 1.165) is 57.4 Å². The monoisotopic (exact) mass is 410 g/mol. The van der Waals surface area contributed by atoms with Crippen molar-refractivity contribution in [1.82, 2.24) is 15.2 Å². The number of hydrogen-bond donors (Lipinski definition) is 2. The Morgan fingerprint density at radius 3 is 2.44 bits per heavy atom. The molecule has 144 valence electrons. The Kier molecular flexibility index (Phi) is 11.6. The predicted octanol–water partition coefficient (Wildman–Crippen LogP) is 2.56. The van der Waals surface area contributed by atoms with Gasteiger partial charge in [0.1, 0.15) is 0 Å². The number of nitrogens with two attached hydrogens (primary N) is 1. The molecular formula is C17H29Cl3N4O. The molecule has 1 amide bonds. The summed E-state index contributed by atoms with van der Waals surface area (Å²) < 4.78 is 0. The molecule has 1 aliphatic carbocycles. The molecule has 3 N–H and O–H groups in total. The average molecular weight is 412 g/mol. The minimum absolute atomic E-state index is 0. The Morgan fingerprint density at radius 1 is 1.16 bits per heavy atom. The summed E-state index contributed by atoms with van der Waals surface area (Å²) in [5.41, 5.74) is 7.01. The van der Waals surface area contributed by atoms with Gasteiger partial charge in [-0.15, -0.1) is 37.2 Å². The molecule has 1 saturated heterocycles. The van der Waals surface area contributed by atoms with Gasteiger partial charge in [-0.2, -0.15) is 0 Å². The van der Waals surface area contributed by atoms with Crippen molar-refractivity contribution in [3.63, 3.8) is 0 Å². The zero-order chi connectivity index (χ0) is 15.4. The number of rotatable bonds is 4. The molecule has 8 heteroatoms. The van der Waals surface area contributed by atoms with Gasteiger partial charge in [0.2, 0.25) is 5.91 Å². The molecular weight excluding hydrogens is 383 g/mol. The molecule has 2 heterocycles. The van der Waals surface area contributed by atoms with Crippen molar-refractivity contribution in [2.75, 3.05) is 13.1 Å². The van der Waals surface area contributed by atoms with E-state index in [0.29, 0.717) is 6.04 Å². The van der Waals surface area contributed by atoms with Crippen LogP contribution in [0, 0.1) is 5.92 Å². The maximum absolute atomic E-state index is 12.2. The van der Waals surface area contributed by atoms with Gasteiger partial charge in [0.15, 0.2) is 0 Å². The second-order valence-corrected chi connectivity index (χ2v) is 6.65. The highest BCUT2D eigenvalue weighted by Gasteiger charge is 2.29. The first-order chi connectivity index (χ1) is 10.7. The highest BCUT2D eigenvalue weighted by molar-refractivity contribution is 5.86. The zero-order valence-corrected chi connectivity index (χ0v) is 16.8. The minimum Gasteiger partial charge on any atom is -0.353 e. The van der Waals surface area contributed by atoms with Gasteiger partial charge in [0.25, 0.3) is 0 Å². The molecule has 1 saturated carbocycles. The van der Waals surface area contributed by atoms with Crippen LogP contribution in [0.5, 0.6) is 0 Å². The lowest BCUT2D eigenvalue weighted by atomic mass is 10.0. The van der Waals surface area contributed by atoms with Crippen LogP contribution in [0.25, 0.3) is 0 Å². The number of amides is 1. The van der Waals surface area contributed by atoms with E-state index in [1.54, 1.807) is 0 Å². The van der Waals surface area contributed by atoms with Gasteiger partial charge >= 0.3 is 0 Å². The van der Waals surface area contributed by atoms with Crippen LogP contribution < -0.4 is 11.1 Å². The third-order valence-corrected chi connectivity index (χ3v) is 4.89. The lowest BCUT2D eigenvalue weighted by Crippen LogP contribution is -2.46. The third kappa shape index (κ3) is 7.27. The van der Waals surface area contributed by atoms with Crippen LogP contribution in [0.4, 0.5) is 0 Å². The van der Waals surface area contributed by atoms with E-state index >= 15 is 0 Å². The van der Waals surface area contributed by atoms with Crippen molar-refractivity contribution in [2.45, 2.75) is 50.7 Å². The van der Waals surface area contributed by atoms with Crippen molar-refractivity contribution < 1.29 is 4.79 Å². The van der Waals surface area contributed by atoms with E-state index in [-0.39, 0.29) is 55.1 Å². The summed E-state index contributed by atoms with van der Waals surface area (Å²) >= 11 is 0. The summed E-state index contributed by atoms with van der Waals surface area (Å²) in [6.07, 6.45) is 6.68. The van der Waals surface area contributed by atoms with Gasteiger partial charge in [-0.05, 0) is 44.2 Å². The van der Waals surface area contributed by atoms with Crippen LogP contribution in [0.15, 0.2) is 24.4 Å². The standard InChI is InChI=1S/C17H26N4O.3ClH/c18-14-5-4-13(11-14)17(22)20-15-6-9-21(10-7-15)12-16-3-1-2-8-19-16;;;/h1-3,8,13-15H,4-7,9-12,18H2,(H,20,22);3*1H. The topological polar surface area (TPSA) is 71.2 Å². The van der Waals surface area contributed by atoms with Crippen molar-refractivity contribution >= 4 is 43.1 Å². The molecule has 25 heavy (non-hydrogen) atoms. The number of halogens is 3. The molecule has 1 aromatic heterocycles. The van der Waals surface area contributed by atoms with Crippen LogP contribution in [0.2, 0.25) is 0 Å². The first-order valence-corrected chi connectivity index (χ1v) is 8.39. The number of likely N-dealkylation sites (tertiary alicyclic amines) is 1. The fourth-order valence-electron chi connectivity index (χ4n) is 3.53. The molecule has 0 radical (unpaired) electrons. The van der Waals surface area contributed by atoms with Crippen molar-refractivity contribution in [3.8, 4) is 0 Å². The molecule has 2 fully saturated rings. The van der Waals surface area contributed by atoms with Gasteiger partial charge in [-0.25, -0.2) is 0 Å². The lowest BCUT2D eigenvalue weighted by molar-refractivity contribution is -0.125. The SMILES string of the molecule is Cl.Cl.Cl.NC1CCC(C(=O)NC2CCN(Cc3ccccn3)CC2)C1. The smallest absolute Gasteiger partial charge is 0.223 e. The van der Waals surface area contributed by atoms with E-state index in [2.05, 4.69) is 21.3 Å². The molecule has 0 bridgehead atoms. The molecule has 0 spiro atoms. The van der Waals surface area contributed by atoms with Gasteiger partial charge in [-0.1, -0.05) is 6.07 Å². The molecule has 1 aliphatic heterocycles.